The Bertz CT molecular complexity index is 1200. The van der Waals surface area contributed by atoms with E-state index in [4.69, 9.17) is 11.6 Å². The molecule has 170 valence electrons. The van der Waals surface area contributed by atoms with Gasteiger partial charge < -0.3 is 14.4 Å². The number of halogens is 1. The third kappa shape index (κ3) is 4.15. The Kier molecular flexibility index (Phi) is 5.49. The van der Waals surface area contributed by atoms with E-state index in [1.54, 1.807) is 23.2 Å². The Morgan fingerprint density at radius 3 is 2.82 bits per heavy atom. The van der Waals surface area contributed by atoms with E-state index in [9.17, 15) is 9.59 Å². The monoisotopic (exact) mass is 462 g/mol. The number of fused-ring (bicyclic) bond motifs is 1. The van der Waals surface area contributed by atoms with Gasteiger partial charge in [0.25, 0.3) is 0 Å². The van der Waals surface area contributed by atoms with Crippen molar-refractivity contribution < 1.29 is 9.59 Å². The number of amides is 2. The predicted octanol–water partition coefficient (Wildman–Crippen LogP) is 4.46. The minimum atomic E-state index is -0.362. The molecule has 2 aliphatic heterocycles. The van der Waals surface area contributed by atoms with Gasteiger partial charge in [0.1, 0.15) is 0 Å². The lowest BCUT2D eigenvalue weighted by atomic mass is 9.86. The van der Waals surface area contributed by atoms with Crippen molar-refractivity contribution in [2.45, 2.75) is 38.6 Å². The highest BCUT2D eigenvalue weighted by Gasteiger charge is 2.43. The second-order valence-corrected chi connectivity index (χ2v) is 10.0. The third-order valence-corrected chi connectivity index (χ3v) is 6.95. The number of nitrogens with zero attached hydrogens (tertiary/aromatic N) is 4. The summed E-state index contributed by atoms with van der Waals surface area (Å²) in [5, 5.41) is 0.578. The van der Waals surface area contributed by atoms with E-state index in [0.717, 1.165) is 24.3 Å². The van der Waals surface area contributed by atoms with Gasteiger partial charge >= 0.3 is 0 Å². The van der Waals surface area contributed by atoms with Crippen molar-refractivity contribution in [3.63, 3.8) is 0 Å². The van der Waals surface area contributed by atoms with Gasteiger partial charge in [-0.15, -0.1) is 0 Å². The van der Waals surface area contributed by atoms with Crippen molar-refractivity contribution in [3.05, 3.63) is 77.3 Å². The van der Waals surface area contributed by atoms with Crippen molar-refractivity contribution in [1.29, 1.82) is 0 Å². The number of aromatic nitrogens is 2. The lowest BCUT2D eigenvalue weighted by molar-refractivity contribution is -0.124. The standard InChI is InChI=1S/C26H27ClN4O2/c1-26(2)16-31(23-7-6-18(12-22(23)26)8-10-29-11-9-28-17-29)25(33)19-13-24(32)30(15-19)21-5-3-4-20(27)14-21/h3-7,9,11-12,14,17,19H,8,10,13,15-16H2,1-2H3/t19-/m0/s1. The number of rotatable bonds is 5. The summed E-state index contributed by atoms with van der Waals surface area (Å²) in [5.74, 6) is -0.380. The lowest BCUT2D eigenvalue weighted by Gasteiger charge is -2.23. The lowest BCUT2D eigenvalue weighted by Crippen LogP contribution is -2.39. The number of carbonyl (C=O) groups is 2. The summed E-state index contributed by atoms with van der Waals surface area (Å²) < 4.78 is 2.07. The molecule has 1 fully saturated rings. The van der Waals surface area contributed by atoms with Gasteiger partial charge in [0, 0.05) is 60.3 Å². The van der Waals surface area contributed by atoms with Crippen LogP contribution in [0.25, 0.3) is 0 Å². The molecule has 0 unspecified atom stereocenters. The highest BCUT2D eigenvalue weighted by Crippen LogP contribution is 2.42. The van der Waals surface area contributed by atoms with Crippen molar-refractivity contribution in [1.82, 2.24) is 9.55 Å². The first-order chi connectivity index (χ1) is 15.8. The summed E-state index contributed by atoms with van der Waals surface area (Å²) in [4.78, 5) is 33.9. The van der Waals surface area contributed by atoms with Crippen LogP contribution in [-0.2, 0) is 28.0 Å². The van der Waals surface area contributed by atoms with E-state index in [2.05, 4.69) is 41.6 Å². The molecule has 1 atom stereocenters. The van der Waals surface area contributed by atoms with Crippen LogP contribution in [-0.4, -0.2) is 34.5 Å². The number of anilines is 2. The Morgan fingerprint density at radius 2 is 2.06 bits per heavy atom. The largest absolute Gasteiger partial charge is 0.337 e. The first kappa shape index (κ1) is 21.7. The topological polar surface area (TPSA) is 58.4 Å². The molecule has 7 heteroatoms. The molecule has 3 heterocycles. The average Bonchev–Trinajstić information content (AvgIpc) is 3.50. The molecule has 1 saturated heterocycles. The minimum Gasteiger partial charge on any atom is -0.337 e. The maximum atomic E-state index is 13.6. The van der Waals surface area contributed by atoms with E-state index >= 15 is 0 Å². The normalized spacial score (nSPS) is 19.2. The number of carbonyl (C=O) groups excluding carboxylic acids is 2. The van der Waals surface area contributed by atoms with Crippen molar-refractivity contribution in [2.75, 3.05) is 22.9 Å². The number of hydrogen-bond acceptors (Lipinski definition) is 3. The van der Waals surface area contributed by atoms with Crippen LogP contribution < -0.4 is 9.80 Å². The van der Waals surface area contributed by atoms with Crippen LogP contribution in [0.3, 0.4) is 0 Å². The minimum absolute atomic E-state index is 0.0193. The summed E-state index contributed by atoms with van der Waals surface area (Å²) in [6.45, 7) is 6.22. The molecular formula is C26H27ClN4O2. The summed E-state index contributed by atoms with van der Waals surface area (Å²) in [6, 6.07) is 13.6. The smallest absolute Gasteiger partial charge is 0.232 e. The van der Waals surface area contributed by atoms with Crippen LogP contribution >= 0.6 is 11.6 Å². The molecule has 2 aromatic carbocycles. The van der Waals surface area contributed by atoms with Gasteiger partial charge in [-0.1, -0.05) is 43.6 Å². The highest BCUT2D eigenvalue weighted by atomic mass is 35.5. The van der Waals surface area contributed by atoms with Gasteiger partial charge in [0.05, 0.1) is 12.2 Å². The SMILES string of the molecule is CC1(C)CN(C(=O)[C@H]2CC(=O)N(c3cccc(Cl)c3)C2)c2ccc(CCn3ccnc3)cc21. The molecule has 0 radical (unpaired) electrons. The molecule has 0 N–H and O–H groups in total. The van der Waals surface area contributed by atoms with Crippen LogP contribution in [0.4, 0.5) is 11.4 Å². The average molecular weight is 463 g/mol. The van der Waals surface area contributed by atoms with Crippen molar-refractivity contribution >= 4 is 34.8 Å². The molecule has 3 aromatic rings. The second-order valence-electron chi connectivity index (χ2n) is 9.60. The fourth-order valence-electron chi connectivity index (χ4n) is 4.94. The van der Waals surface area contributed by atoms with Gasteiger partial charge in [-0.3, -0.25) is 9.59 Å². The Morgan fingerprint density at radius 1 is 1.21 bits per heavy atom. The quantitative estimate of drug-likeness (QED) is 0.562. The zero-order chi connectivity index (χ0) is 23.2. The molecular weight excluding hydrogens is 436 g/mol. The predicted molar refractivity (Wildman–Crippen MR) is 130 cm³/mol. The highest BCUT2D eigenvalue weighted by molar-refractivity contribution is 6.31. The summed E-state index contributed by atoms with van der Waals surface area (Å²) >= 11 is 6.11. The maximum Gasteiger partial charge on any atom is 0.232 e. The molecule has 0 aliphatic carbocycles. The van der Waals surface area contributed by atoms with Crippen LogP contribution in [0.15, 0.2) is 61.2 Å². The van der Waals surface area contributed by atoms with Gasteiger partial charge in [-0.05, 0) is 41.8 Å². The molecule has 33 heavy (non-hydrogen) atoms. The summed E-state index contributed by atoms with van der Waals surface area (Å²) in [7, 11) is 0. The molecule has 0 bridgehead atoms. The maximum absolute atomic E-state index is 13.6. The van der Waals surface area contributed by atoms with E-state index in [0.29, 0.717) is 18.1 Å². The second kappa shape index (κ2) is 8.34. The number of imidazole rings is 1. The number of hydrogen-bond donors (Lipinski definition) is 0. The number of aryl methyl sites for hydroxylation is 2. The van der Waals surface area contributed by atoms with Crippen LogP contribution in [0, 0.1) is 5.92 Å². The third-order valence-electron chi connectivity index (χ3n) is 6.71. The zero-order valence-electron chi connectivity index (χ0n) is 18.9. The molecule has 2 amide bonds. The van der Waals surface area contributed by atoms with Gasteiger partial charge in [0.2, 0.25) is 11.8 Å². The Labute approximate surface area is 198 Å². The molecule has 2 aliphatic rings. The van der Waals surface area contributed by atoms with Gasteiger partial charge in [0.15, 0.2) is 0 Å². The molecule has 0 saturated carbocycles. The molecule has 1 aromatic heterocycles. The van der Waals surface area contributed by atoms with E-state index in [1.165, 1.54) is 11.1 Å². The van der Waals surface area contributed by atoms with Crippen LogP contribution in [0.2, 0.25) is 5.02 Å². The van der Waals surface area contributed by atoms with Gasteiger partial charge in [-0.2, -0.15) is 0 Å². The Hall–Kier alpha value is -3.12. The number of benzene rings is 2. The first-order valence-corrected chi connectivity index (χ1v) is 11.7. The fourth-order valence-corrected chi connectivity index (χ4v) is 5.13. The molecule has 6 nitrogen and oxygen atoms in total. The first-order valence-electron chi connectivity index (χ1n) is 11.3. The van der Waals surface area contributed by atoms with E-state index < -0.39 is 0 Å². The summed E-state index contributed by atoms with van der Waals surface area (Å²) in [5.41, 5.74) is 3.99. The van der Waals surface area contributed by atoms with Gasteiger partial charge in [-0.25, -0.2) is 4.98 Å². The Balaban J connectivity index is 1.34. The van der Waals surface area contributed by atoms with Crippen LogP contribution in [0.5, 0.6) is 0 Å². The summed E-state index contributed by atoms with van der Waals surface area (Å²) in [6.07, 6.45) is 6.71. The van der Waals surface area contributed by atoms with Crippen molar-refractivity contribution in [3.8, 4) is 0 Å². The fraction of sp³-hybridized carbons (Fsp3) is 0.346. The van der Waals surface area contributed by atoms with E-state index in [1.807, 2.05) is 29.6 Å². The van der Waals surface area contributed by atoms with E-state index in [-0.39, 0.29) is 29.6 Å². The van der Waals surface area contributed by atoms with Crippen LogP contribution in [0.1, 0.15) is 31.4 Å². The molecule has 0 spiro atoms. The molecule has 5 rings (SSSR count). The van der Waals surface area contributed by atoms with Crippen molar-refractivity contribution in [2.24, 2.45) is 5.92 Å². The zero-order valence-corrected chi connectivity index (χ0v) is 19.6.